The smallest absolute Gasteiger partial charge is 0.246 e. The molecule has 90 valence electrons. The normalized spacial score (nSPS) is 11.5. The van der Waals surface area contributed by atoms with Crippen LogP contribution in [-0.4, -0.2) is 19.7 Å². The van der Waals surface area contributed by atoms with Gasteiger partial charge in [-0.05, 0) is 38.1 Å². The molecule has 1 aromatic carbocycles. The van der Waals surface area contributed by atoms with Gasteiger partial charge in [0, 0.05) is 5.69 Å². The molecule has 1 aromatic rings. The van der Waals surface area contributed by atoms with Gasteiger partial charge in [0.1, 0.15) is 11.0 Å². The average molecular weight is 264 g/mol. The maximum Gasteiger partial charge on any atom is 0.246 e. The Labute approximate surface area is 101 Å². The quantitative estimate of drug-likeness (QED) is 0.830. The van der Waals surface area contributed by atoms with Crippen molar-refractivity contribution in [2.24, 2.45) is 0 Å². The Bertz CT molecular complexity index is 428. The fourth-order valence-corrected chi connectivity index (χ4v) is 1.79. The lowest BCUT2D eigenvalue weighted by molar-refractivity contribution is 0.242. The maximum atomic E-state index is 11.2. The Morgan fingerprint density at radius 1 is 1.31 bits per heavy atom. The topological polar surface area (TPSA) is 55.4 Å². The van der Waals surface area contributed by atoms with E-state index in [9.17, 15) is 8.42 Å². The highest BCUT2D eigenvalue weighted by molar-refractivity contribution is 7.93. The number of hydrogen-bond donors (Lipinski definition) is 1. The van der Waals surface area contributed by atoms with Crippen molar-refractivity contribution in [2.45, 2.75) is 20.0 Å². The lowest BCUT2D eigenvalue weighted by Gasteiger charge is -2.10. The molecule has 0 amide bonds. The molecule has 0 saturated heterocycles. The number of benzene rings is 1. The van der Waals surface area contributed by atoms with Gasteiger partial charge >= 0.3 is 0 Å². The number of halogens is 1. The van der Waals surface area contributed by atoms with Gasteiger partial charge in [0.2, 0.25) is 10.0 Å². The van der Waals surface area contributed by atoms with Crippen LogP contribution in [0.4, 0.5) is 5.69 Å². The van der Waals surface area contributed by atoms with Crippen molar-refractivity contribution in [3.63, 3.8) is 0 Å². The van der Waals surface area contributed by atoms with Crippen LogP contribution in [0.5, 0.6) is 5.75 Å². The van der Waals surface area contributed by atoms with Gasteiger partial charge in [-0.3, -0.25) is 4.72 Å². The third kappa shape index (κ3) is 4.28. The minimum Gasteiger partial charge on any atom is -0.491 e. The van der Waals surface area contributed by atoms with Crippen molar-refractivity contribution in [1.29, 1.82) is 0 Å². The Balaban J connectivity index is 2.72. The van der Waals surface area contributed by atoms with E-state index >= 15 is 0 Å². The second kappa shape index (κ2) is 5.41. The molecule has 1 N–H and O–H groups in total. The van der Waals surface area contributed by atoms with Gasteiger partial charge in [-0.15, -0.1) is 11.6 Å². The van der Waals surface area contributed by atoms with Crippen LogP contribution in [0.1, 0.15) is 13.8 Å². The van der Waals surface area contributed by atoms with Gasteiger partial charge < -0.3 is 4.74 Å². The number of sulfonamides is 1. The molecule has 0 aliphatic carbocycles. The van der Waals surface area contributed by atoms with E-state index < -0.39 is 15.2 Å². The third-order valence-electron chi connectivity index (χ3n) is 1.64. The average Bonchev–Trinajstić information content (AvgIpc) is 2.20. The molecule has 0 heterocycles. The second-order valence-corrected chi connectivity index (χ2v) is 5.82. The summed E-state index contributed by atoms with van der Waals surface area (Å²) in [6.45, 7) is 3.84. The molecule has 0 aliphatic heterocycles. The molecule has 0 bridgehead atoms. The van der Waals surface area contributed by atoms with Crippen LogP contribution in [0.15, 0.2) is 24.3 Å². The van der Waals surface area contributed by atoms with E-state index in [0.717, 1.165) is 0 Å². The summed E-state index contributed by atoms with van der Waals surface area (Å²) in [5.41, 5.74) is 0.469. The molecule has 0 fully saturated rings. The van der Waals surface area contributed by atoms with Crippen molar-refractivity contribution in [2.75, 3.05) is 9.93 Å². The zero-order chi connectivity index (χ0) is 12.2. The fourth-order valence-electron chi connectivity index (χ4n) is 1.08. The van der Waals surface area contributed by atoms with E-state index in [1.54, 1.807) is 24.3 Å². The van der Waals surface area contributed by atoms with Gasteiger partial charge in [0.05, 0.1) is 6.10 Å². The maximum absolute atomic E-state index is 11.2. The predicted molar refractivity (Wildman–Crippen MR) is 65.5 cm³/mol. The molecule has 16 heavy (non-hydrogen) atoms. The molecule has 4 nitrogen and oxygen atoms in total. The van der Waals surface area contributed by atoms with Crippen LogP contribution >= 0.6 is 11.6 Å². The molecule has 0 aromatic heterocycles. The Morgan fingerprint density at radius 3 is 2.31 bits per heavy atom. The Morgan fingerprint density at radius 2 is 1.88 bits per heavy atom. The highest BCUT2D eigenvalue weighted by Gasteiger charge is 2.07. The van der Waals surface area contributed by atoms with Crippen LogP contribution in [-0.2, 0) is 10.0 Å². The highest BCUT2D eigenvalue weighted by Crippen LogP contribution is 2.17. The minimum absolute atomic E-state index is 0.0883. The first-order valence-corrected chi connectivity index (χ1v) is 6.95. The van der Waals surface area contributed by atoms with Crippen LogP contribution in [0.3, 0.4) is 0 Å². The zero-order valence-corrected chi connectivity index (χ0v) is 10.7. The van der Waals surface area contributed by atoms with Crippen LogP contribution < -0.4 is 9.46 Å². The number of rotatable bonds is 5. The van der Waals surface area contributed by atoms with Crippen LogP contribution in [0.25, 0.3) is 0 Å². The Hall–Kier alpha value is -0.940. The van der Waals surface area contributed by atoms with E-state index in [0.29, 0.717) is 11.4 Å². The van der Waals surface area contributed by atoms with Crippen molar-refractivity contribution in [3.05, 3.63) is 24.3 Å². The summed E-state index contributed by atoms with van der Waals surface area (Å²) >= 11 is 5.27. The van der Waals surface area contributed by atoms with Gasteiger partial charge in [-0.2, -0.15) is 0 Å². The lowest BCUT2D eigenvalue weighted by Crippen LogP contribution is -2.13. The number of alkyl halides is 1. The fraction of sp³-hybridized carbons (Fsp3) is 0.400. The minimum atomic E-state index is -3.43. The van der Waals surface area contributed by atoms with Gasteiger partial charge in [0.15, 0.2) is 0 Å². The highest BCUT2D eigenvalue weighted by atomic mass is 35.5. The molecule has 0 saturated carbocycles. The molecule has 0 spiro atoms. The van der Waals surface area contributed by atoms with E-state index in [1.807, 2.05) is 13.8 Å². The van der Waals surface area contributed by atoms with Gasteiger partial charge in [0.25, 0.3) is 0 Å². The molecule has 6 heteroatoms. The summed E-state index contributed by atoms with van der Waals surface area (Å²) in [5.74, 6) is 0.698. The molecule has 0 atom stereocenters. The second-order valence-electron chi connectivity index (χ2n) is 3.52. The van der Waals surface area contributed by atoms with Crippen molar-refractivity contribution in [1.82, 2.24) is 0 Å². The van der Waals surface area contributed by atoms with Crippen LogP contribution in [0, 0.1) is 0 Å². The molecule has 1 rings (SSSR count). The Kier molecular flexibility index (Phi) is 4.44. The number of ether oxygens (including phenoxy) is 1. The van der Waals surface area contributed by atoms with Crippen molar-refractivity contribution in [3.8, 4) is 5.75 Å². The molecular weight excluding hydrogens is 250 g/mol. The number of anilines is 1. The van der Waals surface area contributed by atoms with E-state index in [4.69, 9.17) is 16.3 Å². The predicted octanol–water partition coefficient (Wildman–Crippen LogP) is 2.41. The van der Waals surface area contributed by atoms with Crippen LogP contribution in [0.2, 0.25) is 0 Å². The molecule has 0 unspecified atom stereocenters. The van der Waals surface area contributed by atoms with E-state index in [2.05, 4.69) is 4.72 Å². The summed E-state index contributed by atoms with van der Waals surface area (Å²) in [6, 6.07) is 6.65. The first kappa shape index (κ1) is 13.1. The SMILES string of the molecule is CC(C)Oc1ccc(NS(=O)(=O)CCl)cc1. The third-order valence-corrected chi connectivity index (χ3v) is 3.34. The van der Waals surface area contributed by atoms with Crippen molar-refractivity contribution < 1.29 is 13.2 Å². The monoisotopic (exact) mass is 263 g/mol. The first-order chi connectivity index (χ1) is 7.43. The molecule has 0 radical (unpaired) electrons. The molecular formula is C10H14ClNO3S. The number of hydrogen-bond acceptors (Lipinski definition) is 3. The standard InChI is InChI=1S/C10H14ClNO3S/c1-8(2)15-10-5-3-9(4-6-10)12-16(13,14)7-11/h3-6,8,12H,7H2,1-2H3. The summed E-state index contributed by atoms with van der Waals surface area (Å²) < 4.78 is 30.1. The van der Waals surface area contributed by atoms with E-state index in [-0.39, 0.29) is 6.10 Å². The first-order valence-electron chi connectivity index (χ1n) is 4.76. The lowest BCUT2D eigenvalue weighted by atomic mass is 10.3. The van der Waals surface area contributed by atoms with Gasteiger partial charge in [-0.1, -0.05) is 0 Å². The summed E-state index contributed by atoms with van der Waals surface area (Å²) in [4.78, 5) is 0. The van der Waals surface area contributed by atoms with E-state index in [1.165, 1.54) is 0 Å². The summed E-state index contributed by atoms with van der Waals surface area (Å²) in [7, 11) is -3.43. The largest absolute Gasteiger partial charge is 0.491 e. The summed E-state index contributed by atoms with van der Waals surface area (Å²) in [5, 5.41) is -0.461. The van der Waals surface area contributed by atoms with Crippen molar-refractivity contribution >= 4 is 27.3 Å². The van der Waals surface area contributed by atoms with Gasteiger partial charge in [-0.25, -0.2) is 8.42 Å². The molecule has 0 aliphatic rings. The number of nitrogens with one attached hydrogen (secondary N) is 1. The summed E-state index contributed by atoms with van der Waals surface area (Å²) in [6.07, 6.45) is 0.0883. The zero-order valence-electron chi connectivity index (χ0n) is 9.10.